The summed E-state index contributed by atoms with van der Waals surface area (Å²) in [7, 11) is 1.71. The molecule has 0 aromatic rings. The van der Waals surface area contributed by atoms with E-state index in [1.165, 1.54) is 6.08 Å². The van der Waals surface area contributed by atoms with E-state index in [1.807, 2.05) is 6.08 Å². The van der Waals surface area contributed by atoms with Crippen molar-refractivity contribution in [1.29, 1.82) is 0 Å². The Balaban J connectivity index is 2.80. The summed E-state index contributed by atoms with van der Waals surface area (Å²) in [6, 6.07) is 0. The standard InChI is InChI=1S/C7H8NO2/c1-8-5-3-2-4-6(8)7(9)10/h2-4H,5H2,1H3. The van der Waals surface area contributed by atoms with E-state index in [0.29, 0.717) is 6.54 Å². The van der Waals surface area contributed by atoms with Gasteiger partial charge in [-0.25, -0.2) is 9.90 Å². The van der Waals surface area contributed by atoms with E-state index < -0.39 is 5.97 Å². The lowest BCUT2D eigenvalue weighted by molar-refractivity contribution is -0.140. The topological polar surface area (TPSA) is 40.2 Å². The molecule has 10 heavy (non-hydrogen) atoms. The van der Waals surface area contributed by atoms with Crippen molar-refractivity contribution in [2.24, 2.45) is 0 Å². The smallest absolute Gasteiger partial charge is 0.365 e. The predicted molar refractivity (Wildman–Crippen MR) is 35.5 cm³/mol. The largest absolute Gasteiger partial charge is 0.402 e. The quantitative estimate of drug-likeness (QED) is 0.523. The van der Waals surface area contributed by atoms with Crippen molar-refractivity contribution in [3.05, 3.63) is 23.9 Å². The first-order valence-electron chi connectivity index (χ1n) is 3.01. The first-order valence-corrected chi connectivity index (χ1v) is 3.01. The molecule has 0 amide bonds. The lowest BCUT2D eigenvalue weighted by Gasteiger charge is -2.18. The van der Waals surface area contributed by atoms with E-state index in [4.69, 9.17) is 0 Å². The highest BCUT2D eigenvalue weighted by atomic mass is 16.4. The summed E-state index contributed by atoms with van der Waals surface area (Å²) in [6.45, 7) is 0.639. The van der Waals surface area contributed by atoms with Gasteiger partial charge in [0.25, 0.3) is 0 Å². The van der Waals surface area contributed by atoms with E-state index in [9.17, 15) is 9.90 Å². The average Bonchev–Trinajstić information content (AvgIpc) is 1.88. The summed E-state index contributed by atoms with van der Waals surface area (Å²) in [5, 5.41) is 10.3. The van der Waals surface area contributed by atoms with E-state index in [1.54, 1.807) is 18.0 Å². The number of carbonyl (C=O) groups excluding carboxylic acids is 1. The summed E-state index contributed by atoms with van der Waals surface area (Å²) >= 11 is 0. The van der Waals surface area contributed by atoms with Crippen LogP contribution in [0, 0.1) is 0 Å². The normalized spacial score (nSPS) is 16.9. The summed E-state index contributed by atoms with van der Waals surface area (Å²) in [5.74, 6) is -1.12. The highest BCUT2D eigenvalue weighted by Gasteiger charge is 2.14. The Morgan fingerprint density at radius 1 is 1.70 bits per heavy atom. The van der Waals surface area contributed by atoms with Crippen LogP contribution in [0.25, 0.3) is 0 Å². The molecule has 3 nitrogen and oxygen atoms in total. The van der Waals surface area contributed by atoms with Crippen molar-refractivity contribution in [1.82, 2.24) is 4.90 Å². The first kappa shape index (κ1) is 6.86. The Hall–Kier alpha value is -1.25. The van der Waals surface area contributed by atoms with Crippen LogP contribution in [0.2, 0.25) is 0 Å². The summed E-state index contributed by atoms with van der Waals surface area (Å²) in [5.41, 5.74) is 0.238. The number of nitrogens with zero attached hydrogens (tertiary/aromatic N) is 1. The summed E-state index contributed by atoms with van der Waals surface area (Å²) < 4.78 is 0. The lowest BCUT2D eigenvalue weighted by Crippen LogP contribution is -2.24. The summed E-state index contributed by atoms with van der Waals surface area (Å²) in [4.78, 5) is 11.9. The van der Waals surface area contributed by atoms with Gasteiger partial charge in [0.05, 0.1) is 0 Å². The molecule has 1 radical (unpaired) electrons. The Morgan fingerprint density at radius 2 is 2.40 bits per heavy atom. The molecule has 0 aliphatic carbocycles. The van der Waals surface area contributed by atoms with Crippen molar-refractivity contribution in [2.75, 3.05) is 13.6 Å². The molecule has 0 saturated heterocycles. The minimum atomic E-state index is -1.12. The van der Waals surface area contributed by atoms with Gasteiger partial charge in [-0.1, -0.05) is 12.2 Å². The number of hydrogen-bond acceptors (Lipinski definition) is 2. The Bertz CT molecular complexity index is 206. The van der Waals surface area contributed by atoms with Gasteiger partial charge < -0.3 is 4.90 Å². The van der Waals surface area contributed by atoms with Crippen molar-refractivity contribution >= 4 is 5.97 Å². The van der Waals surface area contributed by atoms with Gasteiger partial charge in [0, 0.05) is 13.6 Å². The Morgan fingerprint density at radius 3 is 2.80 bits per heavy atom. The molecule has 0 atom stereocenters. The van der Waals surface area contributed by atoms with Crippen molar-refractivity contribution in [3.8, 4) is 0 Å². The number of allylic oxidation sites excluding steroid dienone is 2. The maximum absolute atomic E-state index is 10.3. The third kappa shape index (κ3) is 1.18. The fraction of sp³-hybridized carbons (Fsp3) is 0.286. The number of hydrogen-bond donors (Lipinski definition) is 0. The maximum atomic E-state index is 10.3. The lowest BCUT2D eigenvalue weighted by atomic mass is 10.2. The fourth-order valence-corrected chi connectivity index (χ4v) is 0.828. The molecule has 0 unspecified atom stereocenters. The van der Waals surface area contributed by atoms with Crippen LogP contribution < -0.4 is 0 Å². The molecule has 1 heterocycles. The molecule has 0 N–H and O–H groups in total. The maximum Gasteiger partial charge on any atom is 0.402 e. The van der Waals surface area contributed by atoms with Crippen LogP contribution in [0.5, 0.6) is 0 Å². The third-order valence-electron chi connectivity index (χ3n) is 1.39. The van der Waals surface area contributed by atoms with Crippen LogP contribution in [-0.4, -0.2) is 24.5 Å². The van der Waals surface area contributed by atoms with Gasteiger partial charge in [-0.05, 0) is 6.08 Å². The van der Waals surface area contributed by atoms with Gasteiger partial charge in [-0.15, -0.1) is 0 Å². The highest BCUT2D eigenvalue weighted by molar-refractivity contribution is 5.86. The zero-order valence-electron chi connectivity index (χ0n) is 5.70. The highest BCUT2D eigenvalue weighted by Crippen LogP contribution is 2.06. The molecule has 0 aromatic heterocycles. The second kappa shape index (κ2) is 2.56. The molecule has 1 rings (SSSR count). The van der Waals surface area contributed by atoms with E-state index >= 15 is 0 Å². The van der Waals surface area contributed by atoms with Gasteiger partial charge in [0.15, 0.2) is 0 Å². The molecule has 3 heteroatoms. The SMILES string of the molecule is CN1CC=CC=C1C([O])=O. The van der Waals surface area contributed by atoms with Crippen LogP contribution >= 0.6 is 0 Å². The van der Waals surface area contributed by atoms with Gasteiger partial charge in [0.1, 0.15) is 5.70 Å². The number of rotatable bonds is 1. The first-order chi connectivity index (χ1) is 4.72. The van der Waals surface area contributed by atoms with Gasteiger partial charge in [-0.3, -0.25) is 0 Å². The van der Waals surface area contributed by atoms with Crippen LogP contribution in [0.4, 0.5) is 0 Å². The molecule has 1 aliphatic heterocycles. The van der Waals surface area contributed by atoms with Gasteiger partial charge in [-0.2, -0.15) is 0 Å². The molecule has 0 fully saturated rings. The average molecular weight is 138 g/mol. The fourth-order valence-electron chi connectivity index (χ4n) is 0.828. The molecule has 0 saturated carbocycles. The van der Waals surface area contributed by atoms with E-state index in [2.05, 4.69) is 0 Å². The predicted octanol–water partition coefficient (Wildman–Crippen LogP) is 0.329. The molecular weight excluding hydrogens is 130 g/mol. The van der Waals surface area contributed by atoms with Crippen LogP contribution in [0.3, 0.4) is 0 Å². The zero-order chi connectivity index (χ0) is 7.56. The zero-order valence-corrected chi connectivity index (χ0v) is 5.70. The molecule has 53 valence electrons. The molecule has 0 spiro atoms. The van der Waals surface area contributed by atoms with Crippen LogP contribution in [0.1, 0.15) is 0 Å². The monoisotopic (exact) mass is 138 g/mol. The molecule has 0 bridgehead atoms. The van der Waals surface area contributed by atoms with Crippen molar-refractivity contribution in [2.45, 2.75) is 0 Å². The number of likely N-dealkylation sites (N-methyl/N-ethyl adjacent to an activating group) is 1. The Labute approximate surface area is 59.3 Å². The van der Waals surface area contributed by atoms with Gasteiger partial charge >= 0.3 is 5.97 Å². The Kier molecular flexibility index (Phi) is 1.76. The van der Waals surface area contributed by atoms with Crippen molar-refractivity contribution < 1.29 is 9.90 Å². The van der Waals surface area contributed by atoms with Gasteiger partial charge in [0.2, 0.25) is 0 Å². The van der Waals surface area contributed by atoms with E-state index in [0.717, 1.165) is 0 Å². The second-order valence-electron chi connectivity index (χ2n) is 2.15. The third-order valence-corrected chi connectivity index (χ3v) is 1.39. The minimum absolute atomic E-state index is 0.238. The number of carbonyl (C=O) groups is 1. The second-order valence-corrected chi connectivity index (χ2v) is 2.15. The molecular formula is C7H8NO2. The van der Waals surface area contributed by atoms with Crippen LogP contribution in [-0.2, 0) is 9.90 Å². The minimum Gasteiger partial charge on any atom is -0.365 e. The van der Waals surface area contributed by atoms with Crippen LogP contribution in [0.15, 0.2) is 23.9 Å². The molecule has 1 aliphatic rings. The summed E-state index contributed by atoms with van der Waals surface area (Å²) in [6.07, 6.45) is 5.12. The van der Waals surface area contributed by atoms with E-state index in [-0.39, 0.29) is 5.70 Å². The van der Waals surface area contributed by atoms with Crippen molar-refractivity contribution in [3.63, 3.8) is 0 Å². The molecule has 0 aromatic carbocycles.